The van der Waals surface area contributed by atoms with Crippen molar-refractivity contribution in [2.45, 2.75) is 0 Å². The lowest BCUT2D eigenvalue weighted by atomic mass is 10.1. The largest absolute Gasteiger partial charge is 0.502 e. The topological polar surface area (TPSA) is 101 Å². The van der Waals surface area contributed by atoms with Gasteiger partial charge in [0.1, 0.15) is 21.9 Å². The van der Waals surface area contributed by atoms with E-state index in [-0.39, 0.29) is 40.6 Å². The highest BCUT2D eigenvalue weighted by Gasteiger charge is 2.25. The molecule has 3 heterocycles. The van der Waals surface area contributed by atoms with Crippen LogP contribution in [0.15, 0.2) is 31.8 Å². The zero-order valence-electron chi connectivity index (χ0n) is 13.7. The summed E-state index contributed by atoms with van der Waals surface area (Å²) in [5.74, 6) is 1.04. The van der Waals surface area contributed by atoms with Crippen molar-refractivity contribution in [2.24, 2.45) is 0 Å². The summed E-state index contributed by atoms with van der Waals surface area (Å²) in [5, 5.41) is 11.5. The molecule has 0 aliphatic carbocycles. The van der Waals surface area contributed by atoms with E-state index >= 15 is 0 Å². The smallest absolute Gasteiger partial charge is 0.348 e. The number of aromatic hydroxyl groups is 1. The number of furan rings is 1. The van der Waals surface area contributed by atoms with E-state index in [0.717, 1.165) is 0 Å². The second-order valence-electron chi connectivity index (χ2n) is 5.73. The lowest BCUT2D eigenvalue weighted by Gasteiger charge is -2.10. The van der Waals surface area contributed by atoms with Gasteiger partial charge in [-0.05, 0) is 6.07 Å². The average Bonchev–Trinajstić information content (AvgIpc) is 3.23. The molecule has 26 heavy (non-hydrogen) atoms. The Morgan fingerprint density at radius 3 is 2.46 bits per heavy atom. The lowest BCUT2D eigenvalue weighted by molar-refractivity contribution is 0.174. The van der Waals surface area contributed by atoms with Gasteiger partial charge in [-0.15, -0.1) is 0 Å². The standard InChI is InChI=1S/C18H12O8/c1-21-12-5-11-14(17(22-2)15(12)19)16-13(18(20)26-11)7-3-9-10(24-6-23-9)4-8(7)25-16/h3-5,19H,6H2,1-2H3. The lowest BCUT2D eigenvalue weighted by Crippen LogP contribution is -2.00. The Labute approximate surface area is 145 Å². The number of phenolic OH excluding ortho intramolecular Hbond substituents is 1. The van der Waals surface area contributed by atoms with Crippen LogP contribution in [0.25, 0.3) is 32.9 Å². The first-order valence-electron chi connectivity index (χ1n) is 7.69. The summed E-state index contributed by atoms with van der Waals surface area (Å²) in [4.78, 5) is 12.6. The molecule has 0 amide bonds. The second kappa shape index (κ2) is 4.98. The molecule has 0 fully saturated rings. The van der Waals surface area contributed by atoms with E-state index in [2.05, 4.69) is 0 Å². The number of rotatable bonds is 2. The molecule has 8 nitrogen and oxygen atoms in total. The van der Waals surface area contributed by atoms with Gasteiger partial charge in [-0.25, -0.2) is 4.79 Å². The number of benzene rings is 2. The van der Waals surface area contributed by atoms with Crippen LogP contribution in [0, 0.1) is 0 Å². The quantitative estimate of drug-likeness (QED) is 0.547. The molecule has 132 valence electrons. The van der Waals surface area contributed by atoms with Crippen molar-refractivity contribution in [1.29, 1.82) is 0 Å². The number of hydrogen-bond acceptors (Lipinski definition) is 8. The van der Waals surface area contributed by atoms with E-state index in [9.17, 15) is 9.90 Å². The normalized spacial score (nSPS) is 13.0. The summed E-state index contributed by atoms with van der Waals surface area (Å²) in [6, 6.07) is 4.73. The van der Waals surface area contributed by atoms with Crippen LogP contribution in [0.1, 0.15) is 0 Å². The molecule has 1 N–H and O–H groups in total. The highest BCUT2D eigenvalue weighted by molar-refractivity contribution is 6.15. The van der Waals surface area contributed by atoms with Crippen LogP contribution >= 0.6 is 0 Å². The SMILES string of the molecule is COc1cc2oc(=O)c3c4cc5c(cc4oc3c2c(OC)c1O)OCO5. The molecule has 0 spiro atoms. The minimum absolute atomic E-state index is 0.0900. The molecule has 5 rings (SSSR count). The Morgan fingerprint density at radius 1 is 0.962 bits per heavy atom. The van der Waals surface area contributed by atoms with Crippen molar-refractivity contribution in [1.82, 2.24) is 0 Å². The third-order valence-corrected chi connectivity index (χ3v) is 4.43. The van der Waals surface area contributed by atoms with Crippen molar-refractivity contribution in [2.75, 3.05) is 21.0 Å². The summed E-state index contributed by atoms with van der Waals surface area (Å²) in [6.07, 6.45) is 0. The van der Waals surface area contributed by atoms with Gasteiger partial charge < -0.3 is 32.9 Å². The van der Waals surface area contributed by atoms with Crippen LogP contribution in [0.3, 0.4) is 0 Å². The van der Waals surface area contributed by atoms with Gasteiger partial charge in [-0.3, -0.25) is 0 Å². The van der Waals surface area contributed by atoms with Gasteiger partial charge in [0, 0.05) is 17.5 Å². The predicted octanol–water partition coefficient (Wildman–Crippen LogP) is 3.14. The molecule has 4 aromatic rings. The summed E-state index contributed by atoms with van der Waals surface area (Å²) in [7, 11) is 2.78. The Morgan fingerprint density at radius 2 is 1.73 bits per heavy atom. The van der Waals surface area contributed by atoms with Crippen LogP contribution < -0.4 is 24.6 Å². The van der Waals surface area contributed by atoms with Gasteiger partial charge in [-0.1, -0.05) is 0 Å². The average molecular weight is 356 g/mol. The second-order valence-corrected chi connectivity index (χ2v) is 5.73. The molecular weight excluding hydrogens is 344 g/mol. The number of phenols is 1. The number of fused-ring (bicyclic) bond motifs is 6. The monoisotopic (exact) mass is 356 g/mol. The van der Waals surface area contributed by atoms with Crippen LogP contribution in [-0.4, -0.2) is 26.1 Å². The van der Waals surface area contributed by atoms with Gasteiger partial charge >= 0.3 is 5.63 Å². The zero-order chi connectivity index (χ0) is 18.0. The van der Waals surface area contributed by atoms with E-state index in [1.165, 1.54) is 20.3 Å². The van der Waals surface area contributed by atoms with Crippen LogP contribution in [-0.2, 0) is 0 Å². The zero-order valence-corrected chi connectivity index (χ0v) is 13.7. The molecule has 1 aliphatic heterocycles. The Balaban J connectivity index is 2.01. The number of ether oxygens (including phenoxy) is 4. The van der Waals surface area contributed by atoms with E-state index in [4.69, 9.17) is 27.8 Å². The summed E-state index contributed by atoms with van der Waals surface area (Å²) >= 11 is 0. The third kappa shape index (κ3) is 1.75. The Kier molecular flexibility index (Phi) is 2.83. The minimum atomic E-state index is -0.583. The summed E-state index contributed by atoms with van der Waals surface area (Å²) < 4.78 is 32.5. The molecule has 8 heteroatoms. The molecule has 0 atom stereocenters. The maximum Gasteiger partial charge on any atom is 0.348 e. The van der Waals surface area contributed by atoms with Crippen LogP contribution in [0.4, 0.5) is 0 Å². The third-order valence-electron chi connectivity index (χ3n) is 4.43. The molecule has 2 aromatic carbocycles. The maximum absolute atomic E-state index is 12.6. The first-order chi connectivity index (χ1) is 12.6. The minimum Gasteiger partial charge on any atom is -0.502 e. The molecule has 1 aliphatic rings. The predicted molar refractivity (Wildman–Crippen MR) is 90.7 cm³/mol. The highest BCUT2D eigenvalue weighted by Crippen LogP contribution is 2.47. The van der Waals surface area contributed by atoms with Crippen molar-refractivity contribution in [3.63, 3.8) is 0 Å². The molecule has 2 aromatic heterocycles. The van der Waals surface area contributed by atoms with Crippen molar-refractivity contribution in [3.05, 3.63) is 28.6 Å². The molecule has 0 radical (unpaired) electrons. The summed E-state index contributed by atoms with van der Waals surface area (Å²) in [5.41, 5.74) is 0.263. The fourth-order valence-corrected chi connectivity index (χ4v) is 3.27. The molecule has 0 saturated carbocycles. The maximum atomic E-state index is 12.6. The fourth-order valence-electron chi connectivity index (χ4n) is 3.27. The number of methoxy groups -OCH3 is 2. The van der Waals surface area contributed by atoms with Crippen LogP contribution in [0.5, 0.6) is 28.7 Å². The van der Waals surface area contributed by atoms with E-state index in [0.29, 0.717) is 27.9 Å². The van der Waals surface area contributed by atoms with Gasteiger partial charge in [0.15, 0.2) is 28.6 Å². The van der Waals surface area contributed by atoms with Gasteiger partial charge in [-0.2, -0.15) is 0 Å². The molecule has 0 bridgehead atoms. The molecule has 0 saturated heterocycles. The van der Waals surface area contributed by atoms with E-state index < -0.39 is 5.63 Å². The number of hydrogen-bond donors (Lipinski definition) is 1. The Hall–Kier alpha value is -3.55. The Bertz CT molecular complexity index is 1260. The van der Waals surface area contributed by atoms with Gasteiger partial charge in [0.05, 0.1) is 14.2 Å². The van der Waals surface area contributed by atoms with Crippen molar-refractivity contribution in [3.8, 4) is 28.7 Å². The van der Waals surface area contributed by atoms with Crippen molar-refractivity contribution < 1.29 is 32.9 Å². The first-order valence-corrected chi connectivity index (χ1v) is 7.69. The van der Waals surface area contributed by atoms with E-state index in [1.807, 2.05) is 0 Å². The van der Waals surface area contributed by atoms with E-state index in [1.54, 1.807) is 12.1 Å². The van der Waals surface area contributed by atoms with Gasteiger partial charge in [0.2, 0.25) is 12.5 Å². The van der Waals surface area contributed by atoms with Crippen LogP contribution in [0.2, 0.25) is 0 Å². The highest BCUT2D eigenvalue weighted by atomic mass is 16.7. The first kappa shape index (κ1) is 14.8. The molecular formula is C18H12O8. The van der Waals surface area contributed by atoms with Crippen molar-refractivity contribution >= 4 is 32.9 Å². The fraction of sp³-hybridized carbons (Fsp3) is 0.167. The molecule has 0 unspecified atom stereocenters. The van der Waals surface area contributed by atoms with Gasteiger partial charge in [0.25, 0.3) is 0 Å². The summed E-state index contributed by atoms with van der Waals surface area (Å²) in [6.45, 7) is 0.110.